The maximum Gasteiger partial charge on any atom is 0.277 e. The molecule has 0 saturated heterocycles. The molecule has 0 unspecified atom stereocenters. The number of thiazole rings is 1. The van der Waals surface area contributed by atoms with Gasteiger partial charge in [0.05, 0.1) is 17.0 Å². The van der Waals surface area contributed by atoms with Crippen LogP contribution < -0.4 is 5.56 Å². The van der Waals surface area contributed by atoms with Gasteiger partial charge in [-0.1, -0.05) is 19.8 Å². The molecule has 1 saturated carbocycles. The van der Waals surface area contributed by atoms with Gasteiger partial charge in [-0.2, -0.15) is 5.10 Å². The summed E-state index contributed by atoms with van der Waals surface area (Å²) in [6.45, 7) is 7.83. The molecule has 2 aromatic heterocycles. The maximum absolute atomic E-state index is 13.2. The van der Waals surface area contributed by atoms with Crippen molar-refractivity contribution in [1.29, 1.82) is 0 Å². The van der Waals surface area contributed by atoms with Crippen LogP contribution >= 0.6 is 11.3 Å². The van der Waals surface area contributed by atoms with Crippen LogP contribution in [0, 0.1) is 26.7 Å². The quantitative estimate of drug-likeness (QED) is 0.807. The molecule has 146 valence electrons. The van der Waals surface area contributed by atoms with E-state index >= 15 is 0 Å². The number of carbonyl (C=O) groups is 1. The van der Waals surface area contributed by atoms with Gasteiger partial charge in [0.1, 0.15) is 9.88 Å². The van der Waals surface area contributed by atoms with Crippen LogP contribution in [0.2, 0.25) is 0 Å². The number of hydrogen-bond donors (Lipinski definition) is 0. The summed E-state index contributed by atoms with van der Waals surface area (Å²) in [7, 11) is 3.54. The third-order valence-corrected chi connectivity index (χ3v) is 6.98. The molecule has 0 bridgehead atoms. The van der Waals surface area contributed by atoms with Crippen LogP contribution in [0.1, 0.15) is 59.2 Å². The largest absolute Gasteiger partial charge is 0.338 e. The number of rotatable bonds is 3. The second kappa shape index (κ2) is 7.54. The molecule has 2 atom stereocenters. The lowest BCUT2D eigenvalue weighted by molar-refractivity contribution is 0.0633. The van der Waals surface area contributed by atoms with E-state index in [9.17, 15) is 9.59 Å². The molecule has 1 amide bonds. The summed E-state index contributed by atoms with van der Waals surface area (Å²) in [6.07, 6.45) is 4.64. The summed E-state index contributed by atoms with van der Waals surface area (Å²) in [6, 6.07) is 0.272. The molecule has 0 N–H and O–H groups in total. The predicted molar refractivity (Wildman–Crippen MR) is 108 cm³/mol. The molecular formula is C20H28N4O2S. The Morgan fingerprint density at radius 1 is 1.19 bits per heavy atom. The SMILES string of the molecule is Cc1nc(-c2c(C)c(C)nn(C)c2=O)sc1C(=O)N(C)[C@H]1CCCC[C@@H]1C. The molecule has 2 aromatic rings. The van der Waals surface area contributed by atoms with E-state index in [0.29, 0.717) is 27.1 Å². The van der Waals surface area contributed by atoms with Gasteiger partial charge in [0.15, 0.2) is 0 Å². The first-order valence-electron chi connectivity index (χ1n) is 9.51. The minimum Gasteiger partial charge on any atom is -0.338 e. The number of aryl methyl sites for hydroxylation is 3. The summed E-state index contributed by atoms with van der Waals surface area (Å²) >= 11 is 1.32. The summed E-state index contributed by atoms with van der Waals surface area (Å²) in [5, 5.41) is 4.83. The summed E-state index contributed by atoms with van der Waals surface area (Å²) in [5.41, 5.74) is 2.67. The number of carbonyl (C=O) groups excluding carboxylic acids is 1. The van der Waals surface area contributed by atoms with Gasteiger partial charge in [-0.25, -0.2) is 9.67 Å². The van der Waals surface area contributed by atoms with Crippen LogP contribution in [0.4, 0.5) is 0 Å². The zero-order valence-electron chi connectivity index (χ0n) is 17.0. The highest BCUT2D eigenvalue weighted by atomic mass is 32.1. The van der Waals surface area contributed by atoms with E-state index in [1.165, 1.54) is 35.3 Å². The molecule has 0 radical (unpaired) electrons. The van der Waals surface area contributed by atoms with E-state index in [0.717, 1.165) is 17.7 Å². The van der Waals surface area contributed by atoms with Crippen molar-refractivity contribution in [2.24, 2.45) is 13.0 Å². The van der Waals surface area contributed by atoms with Crippen molar-refractivity contribution < 1.29 is 4.79 Å². The van der Waals surface area contributed by atoms with E-state index in [2.05, 4.69) is 17.0 Å². The smallest absolute Gasteiger partial charge is 0.277 e. The Labute approximate surface area is 164 Å². The highest BCUT2D eigenvalue weighted by Crippen LogP contribution is 2.32. The van der Waals surface area contributed by atoms with Crippen molar-refractivity contribution >= 4 is 17.2 Å². The van der Waals surface area contributed by atoms with Crippen LogP contribution in [0.25, 0.3) is 10.6 Å². The van der Waals surface area contributed by atoms with Crippen molar-refractivity contribution in [3.8, 4) is 10.6 Å². The van der Waals surface area contributed by atoms with Gasteiger partial charge >= 0.3 is 0 Å². The minimum absolute atomic E-state index is 0.00950. The van der Waals surface area contributed by atoms with Crippen molar-refractivity contribution in [2.45, 2.75) is 59.4 Å². The van der Waals surface area contributed by atoms with E-state index in [-0.39, 0.29) is 17.5 Å². The lowest BCUT2D eigenvalue weighted by atomic mass is 9.85. The fraction of sp³-hybridized carbons (Fsp3) is 0.600. The Hall–Kier alpha value is -2.02. The van der Waals surface area contributed by atoms with Gasteiger partial charge in [0.25, 0.3) is 11.5 Å². The molecule has 7 heteroatoms. The molecule has 0 spiro atoms. The average Bonchev–Trinajstić information content (AvgIpc) is 3.01. The molecular weight excluding hydrogens is 360 g/mol. The molecule has 0 aliphatic heterocycles. The van der Waals surface area contributed by atoms with Gasteiger partial charge in [-0.05, 0) is 45.1 Å². The second-order valence-corrected chi connectivity index (χ2v) is 8.69. The fourth-order valence-electron chi connectivity index (χ4n) is 3.99. The van der Waals surface area contributed by atoms with Crippen molar-refractivity contribution in [2.75, 3.05) is 7.05 Å². The maximum atomic E-state index is 13.2. The predicted octanol–water partition coefficient (Wildman–Crippen LogP) is 3.48. The van der Waals surface area contributed by atoms with E-state index < -0.39 is 0 Å². The first kappa shape index (κ1) is 19.7. The van der Waals surface area contributed by atoms with E-state index in [1.54, 1.807) is 7.05 Å². The van der Waals surface area contributed by atoms with Crippen molar-refractivity contribution in [1.82, 2.24) is 19.7 Å². The topological polar surface area (TPSA) is 68.1 Å². The zero-order valence-corrected chi connectivity index (χ0v) is 17.8. The standard InChI is InChI=1S/C20H28N4O2S/c1-11-9-7-8-10-15(11)23(5)20(26)17-14(4)21-18(27-17)16-12(2)13(3)22-24(6)19(16)25/h11,15H,7-10H2,1-6H3/t11-,15-/m0/s1. The van der Waals surface area contributed by atoms with Gasteiger partial charge in [0.2, 0.25) is 0 Å². The van der Waals surface area contributed by atoms with Gasteiger partial charge < -0.3 is 4.90 Å². The number of aromatic nitrogens is 3. The molecule has 3 rings (SSSR count). The highest BCUT2D eigenvalue weighted by molar-refractivity contribution is 7.17. The zero-order chi connectivity index (χ0) is 19.9. The first-order valence-corrected chi connectivity index (χ1v) is 10.3. The summed E-state index contributed by atoms with van der Waals surface area (Å²) in [4.78, 5) is 32.9. The van der Waals surface area contributed by atoms with Gasteiger partial charge in [-0.15, -0.1) is 11.3 Å². The lowest BCUT2D eigenvalue weighted by Gasteiger charge is -2.36. The number of amides is 1. The molecule has 0 aromatic carbocycles. The summed E-state index contributed by atoms with van der Waals surface area (Å²) in [5.74, 6) is 0.521. The third-order valence-electron chi connectivity index (χ3n) is 5.81. The van der Waals surface area contributed by atoms with E-state index in [4.69, 9.17) is 0 Å². The van der Waals surface area contributed by atoms with Crippen molar-refractivity contribution in [3.05, 3.63) is 32.2 Å². The van der Waals surface area contributed by atoms with Crippen LogP contribution in [0.15, 0.2) is 4.79 Å². The van der Waals surface area contributed by atoms with Crippen LogP contribution in [0.3, 0.4) is 0 Å². The minimum atomic E-state index is -0.180. The monoisotopic (exact) mass is 388 g/mol. The molecule has 27 heavy (non-hydrogen) atoms. The Morgan fingerprint density at radius 2 is 1.85 bits per heavy atom. The third kappa shape index (κ3) is 3.57. The Bertz CT molecular complexity index is 931. The van der Waals surface area contributed by atoms with Crippen LogP contribution in [0.5, 0.6) is 0 Å². The highest BCUT2D eigenvalue weighted by Gasteiger charge is 2.30. The van der Waals surface area contributed by atoms with Crippen LogP contribution in [-0.4, -0.2) is 38.7 Å². The Kier molecular flexibility index (Phi) is 5.51. The number of nitrogens with zero attached hydrogens (tertiary/aromatic N) is 4. The van der Waals surface area contributed by atoms with Gasteiger partial charge in [-0.3, -0.25) is 9.59 Å². The molecule has 6 nitrogen and oxygen atoms in total. The molecule has 1 aliphatic rings. The number of hydrogen-bond acceptors (Lipinski definition) is 5. The normalized spacial score (nSPS) is 19.9. The first-order chi connectivity index (χ1) is 12.7. The Balaban J connectivity index is 1.98. The molecule has 2 heterocycles. The average molecular weight is 389 g/mol. The van der Waals surface area contributed by atoms with E-state index in [1.807, 2.05) is 32.7 Å². The van der Waals surface area contributed by atoms with Crippen LogP contribution in [-0.2, 0) is 7.05 Å². The van der Waals surface area contributed by atoms with Gasteiger partial charge in [0, 0.05) is 20.1 Å². The molecule has 1 fully saturated rings. The molecule has 1 aliphatic carbocycles. The lowest BCUT2D eigenvalue weighted by Crippen LogP contribution is -2.42. The van der Waals surface area contributed by atoms with Crippen molar-refractivity contribution in [3.63, 3.8) is 0 Å². The fourth-order valence-corrected chi connectivity index (χ4v) is 5.13. The Morgan fingerprint density at radius 3 is 2.52 bits per heavy atom. The second-order valence-electron chi connectivity index (χ2n) is 7.69. The summed E-state index contributed by atoms with van der Waals surface area (Å²) < 4.78 is 1.34.